The van der Waals surface area contributed by atoms with E-state index in [2.05, 4.69) is 15.0 Å². The second kappa shape index (κ2) is 7.92. The summed E-state index contributed by atoms with van der Waals surface area (Å²) in [4.78, 5) is 16.7. The fourth-order valence-electron chi connectivity index (χ4n) is 2.87. The highest BCUT2D eigenvalue weighted by molar-refractivity contribution is 7.92. The van der Waals surface area contributed by atoms with Crippen molar-refractivity contribution >= 4 is 38.2 Å². The smallest absolute Gasteiger partial charge is 0.261 e. The summed E-state index contributed by atoms with van der Waals surface area (Å²) in [7, 11) is -3.86. The van der Waals surface area contributed by atoms with E-state index in [0.717, 1.165) is 23.0 Å². The molecule has 0 saturated heterocycles. The number of amides is 1. The molecule has 0 aliphatic rings. The molecule has 6 nitrogen and oxygen atoms in total. The van der Waals surface area contributed by atoms with Crippen LogP contribution >= 0.6 is 0 Å². The maximum Gasteiger partial charge on any atom is 0.261 e. The molecule has 8 heteroatoms. The molecule has 150 valence electrons. The van der Waals surface area contributed by atoms with Crippen LogP contribution in [0.25, 0.3) is 10.9 Å². The van der Waals surface area contributed by atoms with E-state index in [1.165, 1.54) is 36.4 Å². The van der Waals surface area contributed by atoms with Crippen molar-refractivity contribution in [2.75, 3.05) is 10.0 Å². The Labute approximate surface area is 172 Å². The fraction of sp³-hybridized carbons (Fsp3) is 0. The Morgan fingerprint density at radius 1 is 0.867 bits per heavy atom. The lowest BCUT2D eigenvalue weighted by molar-refractivity contribution is 0.102. The van der Waals surface area contributed by atoms with Crippen LogP contribution in [0.4, 0.5) is 15.8 Å². The molecule has 2 N–H and O–H groups in total. The zero-order valence-electron chi connectivity index (χ0n) is 15.5. The number of halogens is 1. The summed E-state index contributed by atoms with van der Waals surface area (Å²) in [5, 5.41) is 3.68. The molecule has 1 heterocycles. The quantitative estimate of drug-likeness (QED) is 0.499. The molecule has 0 radical (unpaired) electrons. The Morgan fingerprint density at radius 3 is 2.30 bits per heavy atom. The third-order valence-electron chi connectivity index (χ3n) is 4.38. The molecular formula is C22H16FN3O3S. The molecule has 1 amide bonds. The van der Waals surface area contributed by atoms with E-state index in [4.69, 9.17) is 0 Å². The number of aromatic nitrogens is 1. The molecule has 0 bridgehead atoms. The average molecular weight is 421 g/mol. The van der Waals surface area contributed by atoms with E-state index < -0.39 is 15.8 Å². The van der Waals surface area contributed by atoms with Crippen LogP contribution < -0.4 is 10.0 Å². The first-order valence-electron chi connectivity index (χ1n) is 8.95. The topological polar surface area (TPSA) is 88.2 Å². The minimum Gasteiger partial charge on any atom is -0.322 e. The highest BCUT2D eigenvalue weighted by Gasteiger charge is 2.15. The number of pyridine rings is 1. The molecule has 0 aliphatic carbocycles. The van der Waals surface area contributed by atoms with Gasteiger partial charge in [0, 0.05) is 28.5 Å². The van der Waals surface area contributed by atoms with Crippen molar-refractivity contribution in [2.45, 2.75) is 4.90 Å². The van der Waals surface area contributed by atoms with Gasteiger partial charge in [0.1, 0.15) is 5.82 Å². The van der Waals surface area contributed by atoms with Gasteiger partial charge in [0.2, 0.25) is 0 Å². The normalized spacial score (nSPS) is 11.2. The largest absolute Gasteiger partial charge is 0.322 e. The molecule has 0 saturated carbocycles. The van der Waals surface area contributed by atoms with Crippen molar-refractivity contribution in [1.29, 1.82) is 0 Å². The van der Waals surface area contributed by atoms with E-state index in [-0.39, 0.29) is 16.5 Å². The molecular weight excluding hydrogens is 405 g/mol. The Balaban J connectivity index is 1.49. The van der Waals surface area contributed by atoms with Gasteiger partial charge in [-0.3, -0.25) is 14.5 Å². The number of rotatable bonds is 5. The van der Waals surface area contributed by atoms with Gasteiger partial charge in [-0.05, 0) is 72.8 Å². The number of nitrogens with zero attached hydrogens (tertiary/aromatic N) is 1. The van der Waals surface area contributed by atoms with Gasteiger partial charge in [-0.1, -0.05) is 6.07 Å². The molecule has 0 unspecified atom stereocenters. The van der Waals surface area contributed by atoms with Crippen LogP contribution in [0, 0.1) is 5.82 Å². The summed E-state index contributed by atoms with van der Waals surface area (Å²) in [6, 6.07) is 19.6. The van der Waals surface area contributed by atoms with E-state index in [1.807, 2.05) is 24.3 Å². The second-order valence-electron chi connectivity index (χ2n) is 6.50. The predicted octanol–water partition coefficient (Wildman–Crippen LogP) is 4.43. The number of benzene rings is 3. The number of fused-ring (bicyclic) bond motifs is 1. The zero-order chi connectivity index (χ0) is 21.1. The summed E-state index contributed by atoms with van der Waals surface area (Å²) >= 11 is 0. The van der Waals surface area contributed by atoms with E-state index in [9.17, 15) is 17.6 Å². The third-order valence-corrected chi connectivity index (χ3v) is 5.78. The van der Waals surface area contributed by atoms with Gasteiger partial charge < -0.3 is 5.32 Å². The van der Waals surface area contributed by atoms with Gasteiger partial charge in [0.05, 0.1) is 10.4 Å². The van der Waals surface area contributed by atoms with Crippen LogP contribution in [-0.4, -0.2) is 19.3 Å². The summed E-state index contributed by atoms with van der Waals surface area (Å²) in [5.41, 5.74) is 1.97. The van der Waals surface area contributed by atoms with Gasteiger partial charge in [-0.2, -0.15) is 0 Å². The lowest BCUT2D eigenvalue weighted by atomic mass is 10.1. The molecule has 4 rings (SSSR count). The van der Waals surface area contributed by atoms with Gasteiger partial charge in [0.15, 0.2) is 0 Å². The number of carbonyl (C=O) groups is 1. The van der Waals surface area contributed by atoms with Crippen LogP contribution in [0.3, 0.4) is 0 Å². The predicted molar refractivity (Wildman–Crippen MR) is 113 cm³/mol. The standard InChI is InChI=1S/C22H16FN3O3S/c23-17-5-7-18(8-6-17)26-30(28,29)20-10-3-15(4-11-20)22(27)25-19-9-12-21-16(14-19)2-1-13-24-21/h1-14,26H,(H,25,27). The highest BCUT2D eigenvalue weighted by Crippen LogP contribution is 2.20. The van der Waals surface area contributed by atoms with Crippen LogP contribution in [-0.2, 0) is 10.0 Å². The van der Waals surface area contributed by atoms with Crippen molar-refractivity contribution in [3.8, 4) is 0 Å². The summed E-state index contributed by atoms with van der Waals surface area (Å²) in [6.07, 6.45) is 1.70. The number of hydrogen-bond acceptors (Lipinski definition) is 4. The lowest BCUT2D eigenvalue weighted by Crippen LogP contribution is -2.14. The fourth-order valence-corrected chi connectivity index (χ4v) is 3.93. The van der Waals surface area contributed by atoms with Gasteiger partial charge >= 0.3 is 0 Å². The van der Waals surface area contributed by atoms with Crippen LogP contribution in [0.2, 0.25) is 0 Å². The van der Waals surface area contributed by atoms with Gasteiger partial charge in [0.25, 0.3) is 15.9 Å². The number of sulfonamides is 1. The van der Waals surface area contributed by atoms with Crippen molar-refractivity contribution in [3.63, 3.8) is 0 Å². The summed E-state index contributed by atoms with van der Waals surface area (Å²) in [5.74, 6) is -0.829. The Morgan fingerprint density at radius 2 is 1.57 bits per heavy atom. The average Bonchev–Trinajstić information content (AvgIpc) is 2.75. The number of nitrogens with one attached hydrogen (secondary N) is 2. The Hall–Kier alpha value is -3.78. The van der Waals surface area contributed by atoms with Crippen molar-refractivity contribution < 1.29 is 17.6 Å². The lowest BCUT2D eigenvalue weighted by Gasteiger charge is -2.09. The SMILES string of the molecule is O=C(Nc1ccc2ncccc2c1)c1ccc(S(=O)(=O)Nc2ccc(F)cc2)cc1. The maximum absolute atomic E-state index is 13.0. The summed E-state index contributed by atoms with van der Waals surface area (Å²) < 4.78 is 40.3. The molecule has 0 aliphatic heterocycles. The minimum atomic E-state index is -3.86. The number of anilines is 2. The van der Waals surface area contributed by atoms with E-state index in [0.29, 0.717) is 11.3 Å². The van der Waals surface area contributed by atoms with E-state index >= 15 is 0 Å². The van der Waals surface area contributed by atoms with Crippen LogP contribution in [0.1, 0.15) is 10.4 Å². The van der Waals surface area contributed by atoms with Crippen LogP contribution in [0.15, 0.2) is 90.0 Å². The first kappa shape index (κ1) is 19.5. The molecule has 3 aromatic carbocycles. The van der Waals surface area contributed by atoms with Crippen LogP contribution in [0.5, 0.6) is 0 Å². The first-order valence-corrected chi connectivity index (χ1v) is 10.4. The zero-order valence-corrected chi connectivity index (χ0v) is 16.4. The minimum absolute atomic E-state index is 0.0137. The molecule has 0 fully saturated rings. The van der Waals surface area contributed by atoms with Gasteiger partial charge in [-0.15, -0.1) is 0 Å². The van der Waals surface area contributed by atoms with Crippen molar-refractivity contribution in [3.05, 3.63) is 96.4 Å². The molecule has 0 spiro atoms. The number of carbonyl (C=O) groups excluding carboxylic acids is 1. The molecule has 30 heavy (non-hydrogen) atoms. The third kappa shape index (κ3) is 4.28. The van der Waals surface area contributed by atoms with Crippen molar-refractivity contribution in [2.24, 2.45) is 0 Å². The van der Waals surface area contributed by atoms with E-state index in [1.54, 1.807) is 12.3 Å². The first-order chi connectivity index (χ1) is 14.4. The molecule has 4 aromatic rings. The summed E-state index contributed by atoms with van der Waals surface area (Å²) in [6.45, 7) is 0. The Kier molecular flexibility index (Phi) is 5.16. The number of hydrogen-bond donors (Lipinski definition) is 2. The molecule has 1 aromatic heterocycles. The monoisotopic (exact) mass is 421 g/mol. The Bertz CT molecular complexity index is 1320. The second-order valence-corrected chi connectivity index (χ2v) is 8.18. The van der Waals surface area contributed by atoms with Gasteiger partial charge in [-0.25, -0.2) is 12.8 Å². The van der Waals surface area contributed by atoms with Crippen molar-refractivity contribution in [1.82, 2.24) is 4.98 Å². The highest BCUT2D eigenvalue weighted by atomic mass is 32.2. The molecule has 0 atom stereocenters. The maximum atomic E-state index is 13.0.